The molecule has 7 heteroatoms. The normalized spacial score (nSPS) is 11.0. The summed E-state index contributed by atoms with van der Waals surface area (Å²) in [5, 5.41) is 6.38. The number of nitrogens with zero attached hydrogens (tertiary/aromatic N) is 2. The van der Waals surface area contributed by atoms with Crippen molar-refractivity contribution in [1.82, 2.24) is 15.6 Å². The van der Waals surface area contributed by atoms with Crippen LogP contribution in [-0.4, -0.2) is 17.5 Å². The Bertz CT molecular complexity index is 892. The molecule has 0 unspecified atom stereocenters. The van der Waals surface area contributed by atoms with Crippen LogP contribution in [0.4, 0.5) is 4.39 Å². The maximum Gasteiger partial charge on any atom is 0.214 e. The van der Waals surface area contributed by atoms with Crippen molar-refractivity contribution in [3.63, 3.8) is 0 Å². The standard InChI is InChI=1S/C21H23FN4O.HI/c1-3-23-21(25-12-16-6-10-18(22)11-7-16)26-14-20-24-13-19(27-20)17-8-4-15(2)5-9-17;/h4-11,13H,3,12,14H2,1-2H3,(H2,23,25,26);1H. The molecule has 1 aromatic heterocycles. The highest BCUT2D eigenvalue weighted by Crippen LogP contribution is 2.20. The summed E-state index contributed by atoms with van der Waals surface area (Å²) in [5.41, 5.74) is 3.13. The lowest BCUT2D eigenvalue weighted by atomic mass is 10.1. The predicted octanol–water partition coefficient (Wildman–Crippen LogP) is 4.66. The number of rotatable bonds is 6. The quantitative estimate of drug-likeness (QED) is 0.297. The van der Waals surface area contributed by atoms with Crippen molar-refractivity contribution >= 4 is 29.9 Å². The lowest BCUT2D eigenvalue weighted by Crippen LogP contribution is -2.36. The molecular weight excluding hydrogens is 470 g/mol. The molecule has 0 amide bonds. The third kappa shape index (κ3) is 6.33. The number of aryl methyl sites for hydroxylation is 1. The minimum atomic E-state index is -0.249. The molecule has 148 valence electrons. The molecular formula is C21H24FIN4O. The Kier molecular flexibility index (Phi) is 8.43. The summed E-state index contributed by atoms with van der Waals surface area (Å²) in [4.78, 5) is 8.83. The predicted molar refractivity (Wildman–Crippen MR) is 120 cm³/mol. The summed E-state index contributed by atoms with van der Waals surface area (Å²) in [6.07, 6.45) is 1.73. The minimum absolute atomic E-state index is 0. The van der Waals surface area contributed by atoms with Crippen molar-refractivity contribution < 1.29 is 8.81 Å². The van der Waals surface area contributed by atoms with Gasteiger partial charge < -0.3 is 15.1 Å². The first kappa shape index (κ1) is 21.9. The van der Waals surface area contributed by atoms with Gasteiger partial charge in [-0.2, -0.15) is 0 Å². The van der Waals surface area contributed by atoms with E-state index in [9.17, 15) is 4.39 Å². The van der Waals surface area contributed by atoms with Gasteiger partial charge in [0.25, 0.3) is 0 Å². The second-order valence-corrected chi connectivity index (χ2v) is 6.16. The molecule has 0 aliphatic carbocycles. The van der Waals surface area contributed by atoms with Crippen LogP contribution in [-0.2, 0) is 13.1 Å². The molecule has 2 N–H and O–H groups in total. The Morgan fingerprint density at radius 2 is 1.79 bits per heavy atom. The highest BCUT2D eigenvalue weighted by molar-refractivity contribution is 14.0. The first-order valence-electron chi connectivity index (χ1n) is 8.92. The van der Waals surface area contributed by atoms with E-state index in [1.54, 1.807) is 18.3 Å². The van der Waals surface area contributed by atoms with Crippen molar-refractivity contribution in [3.8, 4) is 11.3 Å². The lowest BCUT2D eigenvalue weighted by molar-refractivity contribution is 0.497. The number of aliphatic imine (C=N–C) groups is 1. The first-order valence-corrected chi connectivity index (χ1v) is 8.92. The fourth-order valence-corrected chi connectivity index (χ4v) is 2.50. The van der Waals surface area contributed by atoms with E-state index >= 15 is 0 Å². The van der Waals surface area contributed by atoms with E-state index in [1.807, 2.05) is 38.1 Å². The molecule has 5 nitrogen and oxygen atoms in total. The first-order chi connectivity index (χ1) is 13.1. The van der Waals surface area contributed by atoms with Crippen LogP contribution >= 0.6 is 24.0 Å². The summed E-state index contributed by atoms with van der Waals surface area (Å²) >= 11 is 0. The molecule has 0 saturated heterocycles. The van der Waals surface area contributed by atoms with E-state index in [1.165, 1.54) is 17.7 Å². The van der Waals surface area contributed by atoms with E-state index in [2.05, 4.69) is 20.6 Å². The van der Waals surface area contributed by atoms with E-state index in [0.29, 0.717) is 24.9 Å². The van der Waals surface area contributed by atoms with Gasteiger partial charge in [0, 0.05) is 12.1 Å². The van der Waals surface area contributed by atoms with Gasteiger partial charge in [0.2, 0.25) is 5.89 Å². The van der Waals surface area contributed by atoms with Crippen LogP contribution in [0.15, 0.2) is 64.1 Å². The zero-order chi connectivity index (χ0) is 19.1. The zero-order valence-corrected chi connectivity index (χ0v) is 18.2. The number of oxazole rings is 1. The van der Waals surface area contributed by atoms with Crippen molar-refractivity contribution in [3.05, 3.63) is 77.6 Å². The van der Waals surface area contributed by atoms with Gasteiger partial charge >= 0.3 is 0 Å². The highest BCUT2D eigenvalue weighted by atomic mass is 127. The Morgan fingerprint density at radius 3 is 2.46 bits per heavy atom. The summed E-state index contributed by atoms with van der Waals surface area (Å²) in [6, 6.07) is 14.4. The molecule has 0 aliphatic heterocycles. The van der Waals surface area contributed by atoms with Gasteiger partial charge in [-0.3, -0.25) is 0 Å². The maximum atomic E-state index is 13.0. The molecule has 0 bridgehead atoms. The van der Waals surface area contributed by atoms with Crippen LogP contribution in [0.2, 0.25) is 0 Å². The number of nitrogens with one attached hydrogen (secondary N) is 2. The third-order valence-corrected chi connectivity index (χ3v) is 3.97. The fraction of sp³-hybridized carbons (Fsp3) is 0.238. The van der Waals surface area contributed by atoms with Crippen molar-refractivity contribution in [2.75, 3.05) is 6.54 Å². The topological polar surface area (TPSA) is 62.5 Å². The van der Waals surface area contributed by atoms with Crippen molar-refractivity contribution in [2.45, 2.75) is 26.9 Å². The number of hydrogen-bond acceptors (Lipinski definition) is 3. The summed E-state index contributed by atoms with van der Waals surface area (Å²) in [6.45, 7) is 5.65. The van der Waals surface area contributed by atoms with Gasteiger partial charge in [-0.05, 0) is 31.5 Å². The molecule has 0 aliphatic rings. The van der Waals surface area contributed by atoms with Crippen LogP contribution in [0, 0.1) is 12.7 Å². The molecule has 0 radical (unpaired) electrons. The van der Waals surface area contributed by atoms with Crippen LogP contribution in [0.25, 0.3) is 11.3 Å². The monoisotopic (exact) mass is 494 g/mol. The Balaban J connectivity index is 0.00000280. The number of aromatic nitrogens is 1. The Labute approximate surface area is 181 Å². The third-order valence-electron chi connectivity index (χ3n) is 3.97. The van der Waals surface area contributed by atoms with Crippen molar-refractivity contribution in [1.29, 1.82) is 0 Å². The molecule has 0 spiro atoms. The van der Waals surface area contributed by atoms with E-state index in [-0.39, 0.29) is 29.8 Å². The van der Waals surface area contributed by atoms with Gasteiger partial charge in [-0.1, -0.05) is 42.0 Å². The molecule has 3 rings (SSSR count). The summed E-state index contributed by atoms with van der Waals surface area (Å²) in [7, 11) is 0. The second kappa shape index (κ2) is 10.8. The van der Waals surface area contributed by atoms with Gasteiger partial charge in [0.15, 0.2) is 11.7 Å². The molecule has 28 heavy (non-hydrogen) atoms. The average Bonchev–Trinajstić information content (AvgIpc) is 3.15. The van der Waals surface area contributed by atoms with Gasteiger partial charge in [0.05, 0.1) is 19.3 Å². The van der Waals surface area contributed by atoms with Crippen LogP contribution < -0.4 is 10.6 Å². The smallest absolute Gasteiger partial charge is 0.214 e. The molecule has 0 atom stereocenters. The van der Waals surface area contributed by atoms with E-state index in [0.717, 1.165) is 23.4 Å². The number of halogens is 2. The van der Waals surface area contributed by atoms with Crippen molar-refractivity contribution in [2.24, 2.45) is 4.99 Å². The van der Waals surface area contributed by atoms with E-state index in [4.69, 9.17) is 4.42 Å². The largest absolute Gasteiger partial charge is 0.439 e. The highest BCUT2D eigenvalue weighted by Gasteiger charge is 2.07. The molecule has 2 aromatic carbocycles. The SMILES string of the molecule is CCNC(=NCc1ccc(F)cc1)NCc1ncc(-c2ccc(C)cc2)o1.I. The molecule has 0 fully saturated rings. The fourth-order valence-electron chi connectivity index (χ4n) is 2.50. The summed E-state index contributed by atoms with van der Waals surface area (Å²) in [5.74, 6) is 1.72. The zero-order valence-electron chi connectivity index (χ0n) is 15.9. The maximum absolute atomic E-state index is 13.0. The lowest BCUT2D eigenvalue weighted by Gasteiger charge is -2.09. The van der Waals surface area contributed by atoms with E-state index < -0.39 is 0 Å². The number of hydrogen-bond donors (Lipinski definition) is 2. The minimum Gasteiger partial charge on any atom is -0.439 e. The summed E-state index contributed by atoms with van der Waals surface area (Å²) < 4.78 is 18.8. The Morgan fingerprint density at radius 1 is 1.07 bits per heavy atom. The number of guanidine groups is 1. The number of benzene rings is 2. The molecule has 1 heterocycles. The van der Waals surface area contributed by atoms with Crippen LogP contribution in [0.1, 0.15) is 23.9 Å². The van der Waals surface area contributed by atoms with Crippen LogP contribution in [0.5, 0.6) is 0 Å². The van der Waals surface area contributed by atoms with Gasteiger partial charge in [-0.25, -0.2) is 14.4 Å². The van der Waals surface area contributed by atoms with Gasteiger partial charge in [-0.15, -0.1) is 24.0 Å². The molecule has 0 saturated carbocycles. The van der Waals surface area contributed by atoms with Crippen LogP contribution in [0.3, 0.4) is 0 Å². The second-order valence-electron chi connectivity index (χ2n) is 6.16. The van der Waals surface area contributed by atoms with Gasteiger partial charge in [0.1, 0.15) is 5.82 Å². The average molecular weight is 494 g/mol. The Hall–Kier alpha value is -2.42. The molecule has 3 aromatic rings.